The summed E-state index contributed by atoms with van der Waals surface area (Å²) in [6.07, 6.45) is 0.195. The molecule has 4 heteroatoms. The minimum absolute atomic E-state index is 0.195. The molecule has 4 nitrogen and oxygen atoms in total. The summed E-state index contributed by atoms with van der Waals surface area (Å²) in [5.74, 6) is 0.857. The molecule has 0 amide bonds. The lowest BCUT2D eigenvalue weighted by Crippen LogP contribution is -2.33. The van der Waals surface area contributed by atoms with Crippen molar-refractivity contribution in [1.29, 1.82) is 0 Å². The molecule has 21 heavy (non-hydrogen) atoms. The maximum atomic E-state index is 12.5. The van der Waals surface area contributed by atoms with E-state index >= 15 is 0 Å². The van der Waals surface area contributed by atoms with Crippen molar-refractivity contribution in [3.8, 4) is 11.5 Å². The van der Waals surface area contributed by atoms with Gasteiger partial charge in [-0.15, -0.1) is 0 Å². The first-order chi connectivity index (χ1) is 10.1. The Morgan fingerprint density at radius 1 is 1.10 bits per heavy atom. The van der Waals surface area contributed by atoms with Gasteiger partial charge in [-0.25, -0.2) is 0 Å². The standard InChI is InChI=1S/C17H16O4/c1-20-13-7-4-6-12(10-13)17(19)15(18)9-11-5-3-8-14(21-2)16(11)17/h3-8,10,19H,9H2,1-2H3/t17-/m1/s1. The lowest BCUT2D eigenvalue weighted by atomic mass is 9.86. The van der Waals surface area contributed by atoms with E-state index in [4.69, 9.17) is 9.47 Å². The Bertz CT molecular complexity index is 708. The number of hydrogen-bond acceptors (Lipinski definition) is 4. The van der Waals surface area contributed by atoms with Crippen LogP contribution in [0.3, 0.4) is 0 Å². The molecule has 0 bridgehead atoms. The fraction of sp³-hybridized carbons (Fsp3) is 0.235. The number of carbonyl (C=O) groups excluding carboxylic acids is 1. The minimum atomic E-state index is -1.68. The van der Waals surface area contributed by atoms with Gasteiger partial charge in [0.15, 0.2) is 11.4 Å². The van der Waals surface area contributed by atoms with E-state index in [-0.39, 0.29) is 12.2 Å². The molecule has 0 spiro atoms. The summed E-state index contributed by atoms with van der Waals surface area (Å²) in [5.41, 5.74) is 0.141. The van der Waals surface area contributed by atoms with Gasteiger partial charge in [-0.2, -0.15) is 0 Å². The van der Waals surface area contributed by atoms with Gasteiger partial charge >= 0.3 is 0 Å². The van der Waals surface area contributed by atoms with Gasteiger partial charge in [-0.05, 0) is 29.3 Å². The first kappa shape index (κ1) is 13.6. The van der Waals surface area contributed by atoms with E-state index in [9.17, 15) is 9.90 Å². The zero-order valence-electron chi connectivity index (χ0n) is 11.9. The van der Waals surface area contributed by atoms with Crippen LogP contribution in [0.25, 0.3) is 0 Å². The van der Waals surface area contributed by atoms with Crippen LogP contribution in [0.2, 0.25) is 0 Å². The molecule has 0 saturated heterocycles. The Morgan fingerprint density at radius 3 is 2.57 bits per heavy atom. The second-order valence-electron chi connectivity index (χ2n) is 5.04. The SMILES string of the molecule is COc1cccc([C@@]2(O)C(=O)Cc3cccc(OC)c32)c1. The van der Waals surface area contributed by atoms with Crippen molar-refractivity contribution in [1.82, 2.24) is 0 Å². The van der Waals surface area contributed by atoms with Crippen LogP contribution in [0.15, 0.2) is 42.5 Å². The van der Waals surface area contributed by atoms with E-state index in [1.165, 1.54) is 7.11 Å². The number of benzene rings is 2. The zero-order chi connectivity index (χ0) is 15.0. The molecule has 1 atom stereocenters. The number of ketones is 1. The fourth-order valence-electron chi connectivity index (χ4n) is 2.90. The number of carbonyl (C=O) groups is 1. The van der Waals surface area contributed by atoms with Gasteiger partial charge in [0.05, 0.1) is 14.2 Å². The first-order valence-electron chi connectivity index (χ1n) is 6.67. The molecule has 0 saturated carbocycles. The van der Waals surface area contributed by atoms with E-state index in [2.05, 4.69) is 0 Å². The monoisotopic (exact) mass is 284 g/mol. The van der Waals surface area contributed by atoms with E-state index in [1.54, 1.807) is 37.4 Å². The predicted octanol–water partition coefficient (Wildman–Crippen LogP) is 2.06. The summed E-state index contributed by atoms with van der Waals surface area (Å²) in [6, 6.07) is 12.3. The van der Waals surface area contributed by atoms with Crippen LogP contribution in [-0.4, -0.2) is 25.1 Å². The highest BCUT2D eigenvalue weighted by atomic mass is 16.5. The highest BCUT2D eigenvalue weighted by molar-refractivity contribution is 5.99. The Morgan fingerprint density at radius 2 is 1.86 bits per heavy atom. The Hall–Kier alpha value is -2.33. The van der Waals surface area contributed by atoms with Crippen molar-refractivity contribution in [2.45, 2.75) is 12.0 Å². The van der Waals surface area contributed by atoms with Crippen LogP contribution in [0.5, 0.6) is 11.5 Å². The van der Waals surface area contributed by atoms with Crippen molar-refractivity contribution in [2.75, 3.05) is 14.2 Å². The average molecular weight is 284 g/mol. The van der Waals surface area contributed by atoms with Gasteiger partial charge in [-0.1, -0.05) is 24.3 Å². The number of hydrogen-bond donors (Lipinski definition) is 1. The molecular weight excluding hydrogens is 268 g/mol. The second-order valence-corrected chi connectivity index (χ2v) is 5.04. The van der Waals surface area contributed by atoms with Crippen LogP contribution >= 0.6 is 0 Å². The third-order valence-electron chi connectivity index (χ3n) is 3.94. The van der Waals surface area contributed by atoms with E-state index in [1.807, 2.05) is 12.1 Å². The summed E-state index contributed by atoms with van der Waals surface area (Å²) >= 11 is 0. The molecule has 0 unspecified atom stereocenters. The number of ether oxygens (including phenoxy) is 2. The highest BCUT2D eigenvalue weighted by Crippen LogP contribution is 2.44. The topological polar surface area (TPSA) is 55.8 Å². The third kappa shape index (κ3) is 1.91. The van der Waals surface area contributed by atoms with Crippen molar-refractivity contribution < 1.29 is 19.4 Å². The summed E-state index contributed by atoms with van der Waals surface area (Å²) in [4.78, 5) is 12.5. The summed E-state index contributed by atoms with van der Waals surface area (Å²) in [7, 11) is 3.08. The Labute approximate surface area is 122 Å². The van der Waals surface area contributed by atoms with E-state index in [0.717, 1.165) is 5.56 Å². The number of rotatable bonds is 3. The quantitative estimate of drug-likeness (QED) is 0.937. The lowest BCUT2D eigenvalue weighted by Gasteiger charge is -2.25. The number of methoxy groups -OCH3 is 2. The normalized spacial score (nSPS) is 20.2. The van der Waals surface area contributed by atoms with Gasteiger partial charge in [0.1, 0.15) is 11.5 Å². The molecule has 3 rings (SSSR count). The summed E-state index contributed by atoms with van der Waals surface area (Å²) in [6.45, 7) is 0. The van der Waals surface area contributed by atoms with Crippen LogP contribution in [-0.2, 0) is 16.8 Å². The molecule has 2 aromatic rings. The largest absolute Gasteiger partial charge is 0.497 e. The van der Waals surface area contributed by atoms with E-state index in [0.29, 0.717) is 22.6 Å². The van der Waals surface area contributed by atoms with Crippen LogP contribution < -0.4 is 9.47 Å². The maximum absolute atomic E-state index is 12.5. The Balaban J connectivity index is 2.24. The molecule has 0 radical (unpaired) electrons. The third-order valence-corrected chi connectivity index (χ3v) is 3.94. The van der Waals surface area contributed by atoms with Gasteiger partial charge in [0, 0.05) is 12.0 Å². The van der Waals surface area contributed by atoms with Crippen molar-refractivity contribution in [3.63, 3.8) is 0 Å². The molecule has 1 aliphatic rings. The summed E-state index contributed by atoms with van der Waals surface area (Å²) < 4.78 is 10.5. The van der Waals surface area contributed by atoms with Crippen LogP contribution in [0.4, 0.5) is 0 Å². The Kier molecular flexibility index (Phi) is 3.18. The molecule has 1 aliphatic carbocycles. The lowest BCUT2D eigenvalue weighted by molar-refractivity contribution is -0.131. The minimum Gasteiger partial charge on any atom is -0.497 e. The molecule has 0 fully saturated rings. The molecule has 108 valence electrons. The molecular formula is C17H16O4. The molecule has 1 N–H and O–H groups in total. The van der Waals surface area contributed by atoms with Gasteiger partial charge in [0.25, 0.3) is 0 Å². The molecule has 0 heterocycles. The van der Waals surface area contributed by atoms with Crippen molar-refractivity contribution in [3.05, 3.63) is 59.2 Å². The highest BCUT2D eigenvalue weighted by Gasteiger charge is 2.48. The second kappa shape index (κ2) is 4.90. The predicted molar refractivity (Wildman–Crippen MR) is 77.7 cm³/mol. The van der Waals surface area contributed by atoms with Crippen molar-refractivity contribution in [2.24, 2.45) is 0 Å². The van der Waals surface area contributed by atoms with E-state index < -0.39 is 5.60 Å². The smallest absolute Gasteiger partial charge is 0.178 e. The van der Waals surface area contributed by atoms with Gasteiger partial charge in [-0.3, -0.25) is 4.79 Å². The van der Waals surface area contributed by atoms with Gasteiger partial charge in [0.2, 0.25) is 0 Å². The van der Waals surface area contributed by atoms with Crippen molar-refractivity contribution >= 4 is 5.78 Å². The van der Waals surface area contributed by atoms with Crippen LogP contribution in [0.1, 0.15) is 16.7 Å². The fourth-order valence-corrected chi connectivity index (χ4v) is 2.90. The van der Waals surface area contributed by atoms with Crippen LogP contribution in [0, 0.1) is 0 Å². The van der Waals surface area contributed by atoms with Gasteiger partial charge < -0.3 is 14.6 Å². The maximum Gasteiger partial charge on any atom is 0.178 e. The number of fused-ring (bicyclic) bond motifs is 1. The first-order valence-corrected chi connectivity index (χ1v) is 6.67. The molecule has 0 aromatic heterocycles. The molecule has 2 aromatic carbocycles. The summed E-state index contributed by atoms with van der Waals surface area (Å²) in [5, 5.41) is 11.1. The number of aliphatic hydroxyl groups is 1. The molecule has 0 aliphatic heterocycles. The zero-order valence-corrected chi connectivity index (χ0v) is 11.9. The number of Topliss-reactive ketones (excluding diaryl/α,β-unsaturated/α-hetero) is 1. The average Bonchev–Trinajstić information content (AvgIpc) is 2.79.